The molecule has 5 nitrogen and oxygen atoms in total. The number of para-hydroxylation sites is 1. The number of nitrogens with one attached hydrogen (secondary N) is 1. The van der Waals surface area contributed by atoms with E-state index < -0.39 is 0 Å². The van der Waals surface area contributed by atoms with Crippen LogP contribution in [0.5, 0.6) is 0 Å². The molecule has 3 N–H and O–H groups in total. The molecule has 1 aromatic carbocycles. The van der Waals surface area contributed by atoms with Crippen LogP contribution in [0.25, 0.3) is 5.69 Å². The summed E-state index contributed by atoms with van der Waals surface area (Å²) in [5, 5.41) is 7.44. The van der Waals surface area contributed by atoms with Crippen molar-refractivity contribution >= 4 is 5.91 Å². The molecule has 1 aliphatic carbocycles. The number of nitrogens with zero attached hydrogens (tertiary/aromatic N) is 2. The molecule has 1 fully saturated rings. The number of amides is 1. The minimum Gasteiger partial charge on any atom is -0.344 e. The Kier molecular flexibility index (Phi) is 3.75. The van der Waals surface area contributed by atoms with Crippen molar-refractivity contribution in [3.05, 3.63) is 48.3 Å². The largest absolute Gasteiger partial charge is 0.344 e. The molecule has 1 heterocycles. The fourth-order valence-electron chi connectivity index (χ4n) is 2.91. The molecule has 1 aromatic heterocycles. The van der Waals surface area contributed by atoms with Crippen molar-refractivity contribution in [1.82, 2.24) is 15.1 Å². The van der Waals surface area contributed by atoms with Gasteiger partial charge < -0.3 is 11.1 Å². The first-order valence-corrected chi connectivity index (χ1v) is 7.36. The van der Waals surface area contributed by atoms with Gasteiger partial charge in [0.15, 0.2) is 5.69 Å². The van der Waals surface area contributed by atoms with Crippen molar-refractivity contribution in [2.75, 3.05) is 6.54 Å². The summed E-state index contributed by atoms with van der Waals surface area (Å²) in [6.45, 7) is 0.484. The van der Waals surface area contributed by atoms with E-state index in [1.54, 1.807) is 16.9 Å². The van der Waals surface area contributed by atoms with Crippen LogP contribution < -0.4 is 11.1 Å². The Hall–Kier alpha value is -2.14. The molecule has 1 aliphatic rings. The number of benzene rings is 1. The lowest BCUT2D eigenvalue weighted by Crippen LogP contribution is -2.51. The lowest BCUT2D eigenvalue weighted by molar-refractivity contribution is 0.0897. The average Bonchev–Trinajstić information content (AvgIpc) is 3.18. The summed E-state index contributed by atoms with van der Waals surface area (Å²) in [7, 11) is 0. The lowest BCUT2D eigenvalue weighted by Gasteiger charge is -2.28. The average molecular weight is 284 g/mol. The van der Waals surface area contributed by atoms with Crippen molar-refractivity contribution in [2.45, 2.75) is 31.2 Å². The summed E-state index contributed by atoms with van der Waals surface area (Å²) < 4.78 is 1.71. The Morgan fingerprint density at radius 3 is 2.62 bits per heavy atom. The Balaban J connectivity index is 1.75. The molecule has 110 valence electrons. The highest BCUT2D eigenvalue weighted by Crippen LogP contribution is 2.28. The van der Waals surface area contributed by atoms with E-state index in [0.29, 0.717) is 12.2 Å². The molecule has 0 saturated heterocycles. The Labute approximate surface area is 124 Å². The second-order valence-corrected chi connectivity index (χ2v) is 5.63. The van der Waals surface area contributed by atoms with E-state index in [9.17, 15) is 4.79 Å². The molecule has 0 aliphatic heterocycles. The normalized spacial score (nSPS) is 16.8. The molecule has 0 radical (unpaired) electrons. The van der Waals surface area contributed by atoms with Crippen LogP contribution in [0.1, 0.15) is 36.2 Å². The van der Waals surface area contributed by atoms with Crippen molar-refractivity contribution in [3.8, 4) is 5.69 Å². The third kappa shape index (κ3) is 2.83. The number of carbonyl (C=O) groups excluding carboxylic acids is 1. The molecule has 0 atom stereocenters. The van der Waals surface area contributed by atoms with Gasteiger partial charge in [-0.05, 0) is 31.0 Å². The fraction of sp³-hybridized carbons (Fsp3) is 0.375. The third-order valence-corrected chi connectivity index (χ3v) is 4.17. The minimum absolute atomic E-state index is 0.142. The summed E-state index contributed by atoms with van der Waals surface area (Å²) in [4.78, 5) is 12.4. The van der Waals surface area contributed by atoms with Gasteiger partial charge in [-0.15, -0.1) is 0 Å². The van der Waals surface area contributed by atoms with Crippen LogP contribution in [-0.4, -0.2) is 27.8 Å². The van der Waals surface area contributed by atoms with Gasteiger partial charge in [0.1, 0.15) is 0 Å². The van der Waals surface area contributed by atoms with E-state index in [-0.39, 0.29) is 11.4 Å². The van der Waals surface area contributed by atoms with Gasteiger partial charge in [0, 0.05) is 12.7 Å². The van der Waals surface area contributed by atoms with Crippen molar-refractivity contribution in [3.63, 3.8) is 0 Å². The molecular weight excluding hydrogens is 264 g/mol. The highest BCUT2D eigenvalue weighted by molar-refractivity contribution is 5.92. The smallest absolute Gasteiger partial charge is 0.272 e. The molecule has 1 amide bonds. The Bertz CT molecular complexity index is 614. The third-order valence-electron chi connectivity index (χ3n) is 4.17. The van der Waals surface area contributed by atoms with Crippen molar-refractivity contribution in [2.24, 2.45) is 5.73 Å². The Morgan fingerprint density at radius 2 is 1.95 bits per heavy atom. The molecule has 0 bridgehead atoms. The summed E-state index contributed by atoms with van der Waals surface area (Å²) in [6, 6.07) is 11.5. The first kappa shape index (κ1) is 13.8. The van der Waals surface area contributed by atoms with Gasteiger partial charge in [0.05, 0.1) is 11.2 Å². The number of aromatic nitrogens is 2. The van der Waals surface area contributed by atoms with Crippen LogP contribution in [0.3, 0.4) is 0 Å². The van der Waals surface area contributed by atoms with Crippen LogP contribution in [0.4, 0.5) is 0 Å². The molecule has 0 spiro atoms. The molecule has 3 rings (SSSR count). The maximum Gasteiger partial charge on any atom is 0.272 e. The zero-order valence-corrected chi connectivity index (χ0v) is 12.0. The molecule has 0 unspecified atom stereocenters. The van der Waals surface area contributed by atoms with Crippen LogP contribution in [-0.2, 0) is 0 Å². The molecular formula is C16H20N4O. The van der Waals surface area contributed by atoms with Crippen LogP contribution >= 0.6 is 0 Å². The second-order valence-electron chi connectivity index (χ2n) is 5.63. The maximum absolute atomic E-state index is 12.4. The summed E-state index contributed by atoms with van der Waals surface area (Å²) in [6.07, 6.45) is 5.95. The van der Waals surface area contributed by atoms with Crippen LogP contribution in [0, 0.1) is 0 Å². The highest BCUT2D eigenvalue weighted by atomic mass is 16.2. The van der Waals surface area contributed by atoms with Gasteiger partial charge in [-0.2, -0.15) is 5.10 Å². The van der Waals surface area contributed by atoms with Gasteiger partial charge in [0.25, 0.3) is 5.91 Å². The fourth-order valence-corrected chi connectivity index (χ4v) is 2.91. The maximum atomic E-state index is 12.4. The summed E-state index contributed by atoms with van der Waals surface area (Å²) in [5.74, 6) is -0.142. The van der Waals surface area contributed by atoms with Gasteiger partial charge in [-0.1, -0.05) is 31.0 Å². The van der Waals surface area contributed by atoms with E-state index in [2.05, 4.69) is 10.4 Å². The number of hydrogen-bond donors (Lipinski definition) is 2. The molecule has 1 saturated carbocycles. The number of carbonyl (C=O) groups is 1. The van der Waals surface area contributed by atoms with Gasteiger partial charge in [0.2, 0.25) is 0 Å². The van der Waals surface area contributed by atoms with Crippen molar-refractivity contribution in [1.29, 1.82) is 0 Å². The van der Waals surface area contributed by atoms with Crippen LogP contribution in [0.15, 0.2) is 42.6 Å². The van der Waals surface area contributed by atoms with Crippen molar-refractivity contribution < 1.29 is 4.79 Å². The van der Waals surface area contributed by atoms with E-state index in [1.165, 1.54) is 0 Å². The zero-order valence-electron chi connectivity index (χ0n) is 12.0. The highest BCUT2D eigenvalue weighted by Gasteiger charge is 2.34. The molecule has 21 heavy (non-hydrogen) atoms. The SMILES string of the molecule is NCC1(NC(=O)c2ccn(-c3ccccc3)n2)CCCC1. The van der Waals surface area contributed by atoms with E-state index in [4.69, 9.17) is 5.73 Å². The number of hydrogen-bond acceptors (Lipinski definition) is 3. The zero-order chi connectivity index (χ0) is 14.7. The van der Waals surface area contributed by atoms with Crippen LogP contribution in [0.2, 0.25) is 0 Å². The van der Waals surface area contributed by atoms with E-state index in [1.807, 2.05) is 30.3 Å². The van der Waals surface area contributed by atoms with Gasteiger partial charge in [-0.25, -0.2) is 4.68 Å². The quantitative estimate of drug-likeness (QED) is 0.900. The van der Waals surface area contributed by atoms with E-state index >= 15 is 0 Å². The lowest BCUT2D eigenvalue weighted by atomic mass is 9.97. The molecule has 2 aromatic rings. The monoisotopic (exact) mass is 284 g/mol. The number of nitrogens with two attached hydrogens (primary N) is 1. The second kappa shape index (κ2) is 5.69. The topological polar surface area (TPSA) is 72.9 Å². The predicted molar refractivity (Wildman–Crippen MR) is 81.3 cm³/mol. The first-order chi connectivity index (χ1) is 10.2. The predicted octanol–water partition coefficient (Wildman–Crippen LogP) is 1.87. The summed E-state index contributed by atoms with van der Waals surface area (Å²) >= 11 is 0. The van der Waals surface area contributed by atoms with E-state index in [0.717, 1.165) is 31.4 Å². The molecule has 5 heteroatoms. The Morgan fingerprint density at radius 1 is 1.24 bits per heavy atom. The summed E-state index contributed by atoms with van der Waals surface area (Å²) in [5.41, 5.74) is 6.97. The first-order valence-electron chi connectivity index (χ1n) is 7.36. The van der Waals surface area contributed by atoms with Gasteiger partial charge >= 0.3 is 0 Å². The number of rotatable bonds is 4. The standard InChI is InChI=1S/C16H20N4O/c17-12-16(9-4-5-10-16)18-15(21)14-8-11-20(19-14)13-6-2-1-3-7-13/h1-3,6-8,11H,4-5,9-10,12,17H2,(H,18,21). The minimum atomic E-state index is -0.242. The van der Waals surface area contributed by atoms with Gasteiger partial charge in [-0.3, -0.25) is 4.79 Å².